The quantitative estimate of drug-likeness (QED) is 0.639. The summed E-state index contributed by atoms with van der Waals surface area (Å²) in [6.45, 7) is 10.1. The maximum atomic E-state index is 12.8. The minimum Gasteiger partial charge on any atom is -0.444 e. The van der Waals surface area contributed by atoms with Gasteiger partial charge >= 0.3 is 6.09 Å². The lowest BCUT2D eigenvalue weighted by Crippen LogP contribution is -2.36. The van der Waals surface area contributed by atoms with Crippen LogP contribution in [0.1, 0.15) is 38.6 Å². The lowest BCUT2D eigenvalue weighted by molar-refractivity contribution is -0.119. The van der Waals surface area contributed by atoms with Crippen LogP contribution in [0.15, 0.2) is 35.0 Å². The van der Waals surface area contributed by atoms with E-state index in [-0.39, 0.29) is 17.9 Å². The number of hydrogen-bond acceptors (Lipinski definition) is 6. The molecule has 8 nitrogen and oxygen atoms in total. The molecule has 1 aromatic carbocycles. The number of pyridine rings is 1. The average molecular weight is 437 g/mol. The van der Waals surface area contributed by atoms with E-state index in [0.717, 1.165) is 33.4 Å². The van der Waals surface area contributed by atoms with E-state index in [0.29, 0.717) is 25.3 Å². The number of rotatable bonds is 3. The van der Waals surface area contributed by atoms with E-state index in [1.165, 1.54) is 0 Å². The van der Waals surface area contributed by atoms with Gasteiger partial charge in [0.15, 0.2) is 0 Å². The van der Waals surface area contributed by atoms with Gasteiger partial charge in [0.25, 0.3) is 0 Å². The van der Waals surface area contributed by atoms with Crippen molar-refractivity contribution in [3.8, 4) is 11.1 Å². The third kappa shape index (κ3) is 4.59. The Bertz CT molecular complexity index is 1160. The third-order valence-electron chi connectivity index (χ3n) is 5.51. The van der Waals surface area contributed by atoms with Crippen molar-refractivity contribution in [2.75, 3.05) is 18.4 Å². The molecule has 1 N–H and O–H groups in total. The maximum absolute atomic E-state index is 12.8. The Kier molecular flexibility index (Phi) is 5.62. The van der Waals surface area contributed by atoms with Crippen LogP contribution in [0.25, 0.3) is 21.9 Å². The molecule has 168 valence electrons. The molecule has 1 saturated heterocycles. The van der Waals surface area contributed by atoms with Crippen molar-refractivity contribution in [2.24, 2.45) is 5.92 Å². The van der Waals surface area contributed by atoms with E-state index >= 15 is 0 Å². The molecule has 2 aromatic heterocycles. The number of ether oxygens (including phenoxy) is 1. The molecule has 32 heavy (non-hydrogen) atoms. The van der Waals surface area contributed by atoms with Crippen molar-refractivity contribution in [1.29, 1.82) is 0 Å². The van der Waals surface area contributed by atoms with Crippen molar-refractivity contribution in [3.05, 3.63) is 41.9 Å². The van der Waals surface area contributed by atoms with Crippen LogP contribution in [0, 0.1) is 19.8 Å². The number of amides is 2. The highest BCUT2D eigenvalue weighted by Gasteiger charge is 2.33. The molecule has 3 heterocycles. The molecule has 0 spiro atoms. The maximum Gasteiger partial charge on any atom is 0.410 e. The smallest absolute Gasteiger partial charge is 0.410 e. The summed E-state index contributed by atoms with van der Waals surface area (Å²) in [7, 11) is 0. The number of nitrogens with one attached hydrogen (secondary N) is 1. The van der Waals surface area contributed by atoms with Gasteiger partial charge in [-0.05, 0) is 64.1 Å². The molecule has 1 unspecified atom stereocenters. The van der Waals surface area contributed by atoms with E-state index in [2.05, 4.69) is 15.5 Å². The number of carbonyl (C=O) groups excluding carboxylic acids is 2. The lowest BCUT2D eigenvalue weighted by atomic mass is 10.0. The normalized spacial score (nSPS) is 16.4. The Morgan fingerprint density at radius 1 is 1.19 bits per heavy atom. The summed E-state index contributed by atoms with van der Waals surface area (Å²) in [4.78, 5) is 31.0. The van der Waals surface area contributed by atoms with Gasteiger partial charge in [0.1, 0.15) is 17.2 Å². The highest BCUT2D eigenvalue weighted by molar-refractivity contribution is 5.95. The van der Waals surface area contributed by atoms with Crippen molar-refractivity contribution in [2.45, 2.75) is 46.6 Å². The van der Waals surface area contributed by atoms with Gasteiger partial charge in [-0.3, -0.25) is 4.79 Å². The summed E-state index contributed by atoms with van der Waals surface area (Å²) < 4.78 is 10.7. The fraction of sp³-hybridized carbons (Fsp3) is 0.417. The monoisotopic (exact) mass is 436 g/mol. The summed E-state index contributed by atoms with van der Waals surface area (Å²) in [5.41, 5.74) is 2.25. The first-order chi connectivity index (χ1) is 15.1. The Balaban J connectivity index is 1.47. The zero-order valence-corrected chi connectivity index (χ0v) is 19.1. The first-order valence-corrected chi connectivity index (χ1v) is 10.7. The predicted molar refractivity (Wildman–Crippen MR) is 121 cm³/mol. The molecule has 1 aliphatic heterocycles. The van der Waals surface area contributed by atoms with Crippen molar-refractivity contribution < 1.29 is 18.8 Å². The Labute approximate surface area is 186 Å². The predicted octanol–water partition coefficient (Wildman–Crippen LogP) is 4.70. The molecule has 3 aromatic rings. The number of nitrogens with zero attached hydrogens (tertiary/aromatic N) is 3. The number of benzene rings is 1. The van der Waals surface area contributed by atoms with Crippen molar-refractivity contribution in [3.63, 3.8) is 0 Å². The standard InChI is InChI=1S/C24H28N4O4/c1-14-21(15(2)32-27-14)16-6-7-17-12-25-20(11-19(17)10-16)26-22(29)18-8-9-28(13-18)23(30)31-24(3,4)5/h6-7,10-12,18H,8-9,13H2,1-5H3,(H,25,26,29). The summed E-state index contributed by atoms with van der Waals surface area (Å²) in [6, 6.07) is 7.90. The number of anilines is 1. The molecule has 2 amide bonds. The van der Waals surface area contributed by atoms with E-state index in [9.17, 15) is 9.59 Å². The number of aromatic nitrogens is 2. The van der Waals surface area contributed by atoms with Gasteiger partial charge in [0.05, 0.1) is 11.6 Å². The van der Waals surface area contributed by atoms with Gasteiger partial charge in [0, 0.05) is 30.2 Å². The molecule has 0 saturated carbocycles. The largest absolute Gasteiger partial charge is 0.444 e. The number of fused-ring (bicyclic) bond motifs is 1. The van der Waals surface area contributed by atoms with Crippen LogP contribution in [0.4, 0.5) is 10.6 Å². The molecular formula is C24H28N4O4. The minimum atomic E-state index is -0.561. The highest BCUT2D eigenvalue weighted by atomic mass is 16.6. The first-order valence-electron chi connectivity index (χ1n) is 10.7. The number of carbonyl (C=O) groups is 2. The van der Waals surface area contributed by atoms with Crippen molar-refractivity contribution in [1.82, 2.24) is 15.0 Å². The Hall–Kier alpha value is -3.42. The second kappa shape index (κ2) is 8.26. The molecule has 0 radical (unpaired) electrons. The molecule has 1 aliphatic rings. The molecule has 0 bridgehead atoms. The Morgan fingerprint density at radius 3 is 2.66 bits per heavy atom. The second-order valence-corrected chi connectivity index (χ2v) is 9.23. The minimum absolute atomic E-state index is 0.148. The van der Waals surface area contributed by atoms with Crippen LogP contribution in [0.2, 0.25) is 0 Å². The number of aryl methyl sites for hydroxylation is 2. The first kappa shape index (κ1) is 21.8. The topological polar surface area (TPSA) is 97.6 Å². The average Bonchev–Trinajstić information content (AvgIpc) is 3.33. The number of likely N-dealkylation sites (tertiary alicyclic amines) is 1. The van der Waals surface area contributed by atoms with Crippen LogP contribution in [0.5, 0.6) is 0 Å². The van der Waals surface area contributed by atoms with Gasteiger partial charge in [-0.1, -0.05) is 17.3 Å². The molecular weight excluding hydrogens is 408 g/mol. The van der Waals surface area contributed by atoms with E-state index in [1.807, 2.05) is 58.9 Å². The molecule has 4 rings (SSSR count). The molecule has 8 heteroatoms. The zero-order chi connectivity index (χ0) is 23.0. The van der Waals surface area contributed by atoms with Crippen LogP contribution in [-0.4, -0.2) is 45.7 Å². The van der Waals surface area contributed by atoms with Crippen molar-refractivity contribution >= 4 is 28.6 Å². The highest BCUT2D eigenvalue weighted by Crippen LogP contribution is 2.30. The van der Waals surface area contributed by atoms with Gasteiger partial charge in [0.2, 0.25) is 5.91 Å². The Morgan fingerprint density at radius 2 is 1.97 bits per heavy atom. The second-order valence-electron chi connectivity index (χ2n) is 9.23. The zero-order valence-electron chi connectivity index (χ0n) is 19.1. The summed E-state index contributed by atoms with van der Waals surface area (Å²) >= 11 is 0. The third-order valence-corrected chi connectivity index (χ3v) is 5.51. The van der Waals surface area contributed by atoms with Crippen LogP contribution in [0.3, 0.4) is 0 Å². The van der Waals surface area contributed by atoms with E-state index in [4.69, 9.17) is 9.26 Å². The van der Waals surface area contributed by atoms with Crippen LogP contribution < -0.4 is 5.32 Å². The van der Waals surface area contributed by atoms with Gasteiger partial charge < -0.3 is 19.5 Å². The van der Waals surface area contributed by atoms with Gasteiger partial charge in [-0.2, -0.15) is 0 Å². The lowest BCUT2D eigenvalue weighted by Gasteiger charge is -2.24. The van der Waals surface area contributed by atoms with Gasteiger partial charge in [-0.15, -0.1) is 0 Å². The fourth-order valence-corrected chi connectivity index (χ4v) is 3.95. The summed E-state index contributed by atoms with van der Waals surface area (Å²) in [5.74, 6) is 0.799. The van der Waals surface area contributed by atoms with Gasteiger partial charge in [-0.25, -0.2) is 9.78 Å². The summed E-state index contributed by atoms with van der Waals surface area (Å²) in [5, 5.41) is 8.85. The SMILES string of the molecule is Cc1noc(C)c1-c1ccc2cnc(NC(=O)C3CCN(C(=O)OC(C)(C)C)C3)cc2c1. The van der Waals surface area contributed by atoms with Crippen LogP contribution >= 0.6 is 0 Å². The summed E-state index contributed by atoms with van der Waals surface area (Å²) in [6.07, 6.45) is 1.95. The molecule has 0 aliphatic carbocycles. The number of hydrogen-bond donors (Lipinski definition) is 1. The van der Waals surface area contributed by atoms with E-state index < -0.39 is 5.60 Å². The molecule has 1 fully saturated rings. The van der Waals surface area contributed by atoms with E-state index in [1.54, 1.807) is 11.1 Å². The van der Waals surface area contributed by atoms with Crippen LogP contribution in [-0.2, 0) is 9.53 Å². The fourth-order valence-electron chi connectivity index (χ4n) is 3.95. The molecule has 1 atom stereocenters.